The number of hydrogen-bond donors (Lipinski definition) is 3. The number of hydrogen-bond acceptors (Lipinski definition) is 11. The van der Waals surface area contributed by atoms with Crippen LogP contribution in [0.5, 0.6) is 11.8 Å². The molecule has 4 aliphatic carbocycles. The third kappa shape index (κ3) is 9.92. The normalized spacial score (nSPS) is 17.7. The molecule has 0 atom stereocenters. The van der Waals surface area contributed by atoms with E-state index in [1.54, 1.807) is 0 Å². The van der Waals surface area contributed by atoms with Gasteiger partial charge in [-0.1, -0.05) is 0 Å². The summed E-state index contributed by atoms with van der Waals surface area (Å²) in [7, 11) is 0. The second-order valence-electron chi connectivity index (χ2n) is 13.5. The van der Waals surface area contributed by atoms with Crippen LogP contribution >= 0.6 is 0 Å². The van der Waals surface area contributed by atoms with Crippen molar-refractivity contribution in [3.8, 4) is 11.8 Å². The van der Waals surface area contributed by atoms with Gasteiger partial charge in [0.1, 0.15) is 28.9 Å². The van der Waals surface area contributed by atoms with Crippen molar-refractivity contribution >= 4 is 23.6 Å². The fraction of sp³-hybridized carbons (Fsp3) is 0.688. The number of esters is 1. The average Bonchev–Trinajstić information content (AvgIpc) is 3.77. The Morgan fingerprint density at radius 2 is 1.16 bits per heavy atom. The molecule has 4 saturated carbocycles. The van der Waals surface area contributed by atoms with Gasteiger partial charge in [-0.25, -0.2) is 19.6 Å². The molecule has 0 aliphatic heterocycles. The molecule has 240 valence electrons. The van der Waals surface area contributed by atoms with E-state index in [9.17, 15) is 9.59 Å². The predicted octanol–water partition coefficient (Wildman–Crippen LogP) is 5.15. The van der Waals surface area contributed by atoms with Gasteiger partial charge in [-0.05, 0) is 97.8 Å². The standard InChI is InChI=1S/C18H27N3O3.C14H19N3O3/c1-11-15(19-9-12-5-6-12)20-16(13-7-8-13)21-17(11)23-10-14(22)24-18(2,3)4;1-8-12(15-6-9-2-3-9)16-13(10-4-5-10)17-14(8)20-7-11(18)19/h12-13H,5-10H2,1-4H3,(H,19,20,21);9-10H,2-7H2,1H3,(H,18,19)(H,15,16,17). The van der Waals surface area contributed by atoms with Crippen molar-refractivity contribution in [2.75, 3.05) is 36.9 Å². The number of anilines is 2. The van der Waals surface area contributed by atoms with E-state index in [1.165, 1.54) is 25.7 Å². The molecule has 0 saturated heterocycles. The first kappa shape index (κ1) is 31.7. The molecule has 12 nitrogen and oxygen atoms in total. The molecular weight excluding hydrogens is 564 g/mol. The highest BCUT2D eigenvalue weighted by atomic mass is 16.6. The molecule has 2 aromatic rings. The summed E-state index contributed by atoms with van der Waals surface area (Å²) in [5.74, 6) is 5.04. The topological polar surface area (TPSA) is 158 Å². The minimum Gasteiger partial charge on any atom is -0.479 e. The van der Waals surface area contributed by atoms with Crippen LogP contribution in [0.4, 0.5) is 11.6 Å². The van der Waals surface area contributed by atoms with Crippen LogP contribution in [-0.4, -0.2) is 68.9 Å². The Kier molecular flexibility index (Phi) is 9.75. The monoisotopic (exact) mass is 610 g/mol. The smallest absolute Gasteiger partial charge is 0.344 e. The van der Waals surface area contributed by atoms with E-state index in [0.717, 1.165) is 85.0 Å². The Morgan fingerprint density at radius 3 is 1.52 bits per heavy atom. The van der Waals surface area contributed by atoms with Crippen LogP contribution in [0.3, 0.4) is 0 Å². The van der Waals surface area contributed by atoms with Gasteiger partial charge in [-0.2, -0.15) is 9.97 Å². The number of carboxylic acid groups (broad SMARTS) is 1. The van der Waals surface area contributed by atoms with Crippen LogP contribution in [0.2, 0.25) is 0 Å². The molecule has 0 unspecified atom stereocenters. The summed E-state index contributed by atoms with van der Waals surface area (Å²) in [5.41, 5.74) is 1.12. The summed E-state index contributed by atoms with van der Waals surface area (Å²) in [6.45, 7) is 10.7. The number of carbonyl (C=O) groups is 2. The molecule has 0 radical (unpaired) electrons. The van der Waals surface area contributed by atoms with Crippen molar-refractivity contribution in [1.29, 1.82) is 0 Å². The molecule has 2 heterocycles. The summed E-state index contributed by atoms with van der Waals surface area (Å²) in [6, 6.07) is 0. The van der Waals surface area contributed by atoms with Crippen LogP contribution in [0.1, 0.15) is 107 Å². The lowest BCUT2D eigenvalue weighted by Crippen LogP contribution is -2.27. The second kappa shape index (κ2) is 13.5. The molecule has 2 aromatic heterocycles. The van der Waals surface area contributed by atoms with Gasteiger partial charge in [0.2, 0.25) is 11.8 Å². The van der Waals surface area contributed by atoms with Crippen LogP contribution in [0.25, 0.3) is 0 Å². The zero-order valence-electron chi connectivity index (χ0n) is 26.6. The lowest BCUT2D eigenvalue weighted by atomic mass is 10.2. The minimum absolute atomic E-state index is 0.138. The molecule has 3 N–H and O–H groups in total. The summed E-state index contributed by atoms with van der Waals surface area (Å²) in [5, 5.41) is 15.5. The van der Waals surface area contributed by atoms with E-state index in [4.69, 9.17) is 19.3 Å². The van der Waals surface area contributed by atoms with Crippen molar-refractivity contribution in [3.63, 3.8) is 0 Å². The molecule has 0 bridgehead atoms. The molecular formula is C32H46N6O6. The molecule has 0 amide bonds. The fourth-order valence-corrected chi connectivity index (χ4v) is 4.45. The molecule has 6 rings (SSSR count). The largest absolute Gasteiger partial charge is 0.479 e. The van der Waals surface area contributed by atoms with Gasteiger partial charge < -0.3 is 30.0 Å². The zero-order chi connectivity index (χ0) is 31.4. The fourth-order valence-electron chi connectivity index (χ4n) is 4.45. The van der Waals surface area contributed by atoms with Gasteiger partial charge in [0, 0.05) is 24.9 Å². The van der Waals surface area contributed by atoms with Crippen molar-refractivity contribution in [3.05, 3.63) is 22.8 Å². The highest BCUT2D eigenvalue weighted by Crippen LogP contribution is 2.41. The third-order valence-electron chi connectivity index (χ3n) is 7.71. The van der Waals surface area contributed by atoms with Gasteiger partial charge in [0.25, 0.3) is 0 Å². The van der Waals surface area contributed by atoms with Gasteiger partial charge >= 0.3 is 11.9 Å². The maximum atomic E-state index is 11.9. The maximum Gasteiger partial charge on any atom is 0.344 e. The first-order chi connectivity index (χ1) is 20.9. The zero-order valence-corrected chi connectivity index (χ0v) is 26.6. The van der Waals surface area contributed by atoms with Gasteiger partial charge in [-0.3, -0.25) is 0 Å². The van der Waals surface area contributed by atoms with Crippen molar-refractivity contribution < 1.29 is 28.9 Å². The first-order valence-corrected chi connectivity index (χ1v) is 15.9. The van der Waals surface area contributed by atoms with E-state index in [-0.39, 0.29) is 19.2 Å². The maximum absolute atomic E-state index is 11.9. The third-order valence-corrected chi connectivity index (χ3v) is 7.71. The minimum atomic E-state index is -0.997. The predicted molar refractivity (Wildman–Crippen MR) is 164 cm³/mol. The van der Waals surface area contributed by atoms with Crippen LogP contribution in [0, 0.1) is 25.7 Å². The summed E-state index contributed by atoms with van der Waals surface area (Å²) >= 11 is 0. The second-order valence-corrected chi connectivity index (χ2v) is 13.5. The number of ether oxygens (including phenoxy) is 3. The van der Waals surface area contributed by atoms with Crippen molar-refractivity contribution in [1.82, 2.24) is 19.9 Å². The lowest BCUT2D eigenvalue weighted by molar-refractivity contribution is -0.157. The van der Waals surface area contributed by atoms with Crippen molar-refractivity contribution in [2.24, 2.45) is 11.8 Å². The SMILES string of the molecule is Cc1c(NCC2CC2)nc(C2CC2)nc1OCC(=O)O.Cc1c(NCC2CC2)nc(C2CC2)nc1OCC(=O)OC(C)(C)C. The molecule has 4 aliphatic rings. The number of carbonyl (C=O) groups excluding carboxylic acids is 1. The number of nitrogens with one attached hydrogen (secondary N) is 2. The van der Waals surface area contributed by atoms with E-state index >= 15 is 0 Å². The summed E-state index contributed by atoms with van der Waals surface area (Å²) < 4.78 is 16.2. The summed E-state index contributed by atoms with van der Waals surface area (Å²) in [4.78, 5) is 40.6. The Labute approximate surface area is 259 Å². The number of rotatable bonds is 14. The number of carboxylic acids is 1. The van der Waals surface area contributed by atoms with Gasteiger partial charge in [0.15, 0.2) is 13.2 Å². The Bertz CT molecular complexity index is 1350. The highest BCUT2D eigenvalue weighted by Gasteiger charge is 2.31. The van der Waals surface area contributed by atoms with Crippen LogP contribution in [0.15, 0.2) is 0 Å². The number of aromatic nitrogens is 4. The molecule has 0 aromatic carbocycles. The quantitative estimate of drug-likeness (QED) is 0.242. The Hall–Kier alpha value is -3.70. The number of aliphatic carboxylic acids is 1. The Morgan fingerprint density at radius 1 is 0.727 bits per heavy atom. The van der Waals surface area contributed by atoms with E-state index in [2.05, 4.69) is 30.6 Å². The highest BCUT2D eigenvalue weighted by molar-refractivity contribution is 5.71. The lowest BCUT2D eigenvalue weighted by Gasteiger charge is -2.20. The van der Waals surface area contributed by atoms with Crippen molar-refractivity contribution in [2.45, 2.75) is 103 Å². The van der Waals surface area contributed by atoms with Crippen LogP contribution in [-0.2, 0) is 14.3 Å². The van der Waals surface area contributed by atoms with E-state index < -0.39 is 11.6 Å². The molecule has 0 spiro atoms. The molecule has 44 heavy (non-hydrogen) atoms. The van der Waals surface area contributed by atoms with E-state index in [1.807, 2.05) is 34.6 Å². The number of nitrogens with zero attached hydrogens (tertiary/aromatic N) is 4. The Balaban J connectivity index is 0.000000177. The summed E-state index contributed by atoms with van der Waals surface area (Å²) in [6.07, 6.45) is 9.56. The van der Waals surface area contributed by atoms with Crippen LogP contribution < -0.4 is 20.1 Å². The molecule has 12 heteroatoms. The molecule has 4 fully saturated rings. The van der Waals surface area contributed by atoms with Gasteiger partial charge in [-0.15, -0.1) is 0 Å². The first-order valence-electron chi connectivity index (χ1n) is 15.9. The average molecular weight is 611 g/mol. The van der Waals surface area contributed by atoms with E-state index in [0.29, 0.717) is 23.6 Å². The van der Waals surface area contributed by atoms with Gasteiger partial charge in [0.05, 0.1) is 11.1 Å².